The summed E-state index contributed by atoms with van der Waals surface area (Å²) in [7, 11) is 0. The van der Waals surface area contributed by atoms with Crippen LogP contribution in [0.3, 0.4) is 0 Å². The second kappa shape index (κ2) is 5.50. The van der Waals surface area contributed by atoms with Crippen LogP contribution in [0.25, 0.3) is 22.4 Å². The van der Waals surface area contributed by atoms with Crippen LogP contribution in [0.5, 0.6) is 11.5 Å². The average Bonchev–Trinajstić information content (AvgIpc) is 3.01. The Morgan fingerprint density at radius 1 is 0.826 bits per heavy atom. The molecule has 0 saturated heterocycles. The molecule has 0 amide bonds. The van der Waals surface area contributed by atoms with Gasteiger partial charge in [0.1, 0.15) is 17.3 Å². The Kier molecular flexibility index (Phi) is 3.20. The van der Waals surface area contributed by atoms with Gasteiger partial charge in [0.05, 0.1) is 11.0 Å². The van der Waals surface area contributed by atoms with Crippen LogP contribution < -0.4 is 10.5 Å². The Bertz CT molecular complexity index is 943. The maximum Gasteiger partial charge on any atom is 0.138 e. The van der Waals surface area contributed by atoms with Crippen molar-refractivity contribution >= 4 is 16.7 Å². The van der Waals surface area contributed by atoms with Crippen molar-refractivity contribution in [3.8, 4) is 22.9 Å². The Morgan fingerprint density at radius 2 is 1.57 bits per heavy atom. The van der Waals surface area contributed by atoms with Gasteiger partial charge in [-0.3, -0.25) is 0 Å². The first kappa shape index (κ1) is 13.4. The number of fused-ring (bicyclic) bond motifs is 1. The van der Waals surface area contributed by atoms with Gasteiger partial charge < -0.3 is 15.5 Å². The summed E-state index contributed by atoms with van der Waals surface area (Å²) in [4.78, 5) is 7.95. The highest BCUT2D eigenvalue weighted by atomic mass is 16.5. The minimum Gasteiger partial charge on any atom is -0.457 e. The highest BCUT2D eigenvalue weighted by molar-refractivity contribution is 5.80. The van der Waals surface area contributed by atoms with E-state index in [0.29, 0.717) is 5.69 Å². The van der Waals surface area contributed by atoms with E-state index < -0.39 is 0 Å². The molecule has 0 spiro atoms. The summed E-state index contributed by atoms with van der Waals surface area (Å²) in [6, 6.07) is 23.2. The molecular weight excluding hydrogens is 286 g/mol. The predicted octanol–water partition coefficient (Wildman–Crippen LogP) is 4.60. The molecule has 23 heavy (non-hydrogen) atoms. The zero-order valence-corrected chi connectivity index (χ0v) is 12.4. The molecule has 4 nitrogen and oxygen atoms in total. The molecule has 4 aromatic rings. The summed E-state index contributed by atoms with van der Waals surface area (Å²) in [5, 5.41) is 0. The van der Waals surface area contributed by atoms with E-state index in [-0.39, 0.29) is 0 Å². The summed E-state index contributed by atoms with van der Waals surface area (Å²) in [6.45, 7) is 0. The third kappa shape index (κ3) is 2.74. The zero-order chi connectivity index (χ0) is 15.6. The lowest BCUT2D eigenvalue weighted by Crippen LogP contribution is -1.86. The van der Waals surface area contributed by atoms with Crippen molar-refractivity contribution in [3.05, 3.63) is 72.8 Å². The average molecular weight is 301 g/mol. The summed E-state index contributed by atoms with van der Waals surface area (Å²) >= 11 is 0. The van der Waals surface area contributed by atoms with Crippen molar-refractivity contribution < 1.29 is 4.74 Å². The first-order valence-corrected chi connectivity index (χ1v) is 7.36. The minimum absolute atomic E-state index is 0.717. The van der Waals surface area contributed by atoms with Crippen LogP contribution in [-0.2, 0) is 0 Å². The van der Waals surface area contributed by atoms with Gasteiger partial charge in [-0.2, -0.15) is 0 Å². The zero-order valence-electron chi connectivity index (χ0n) is 12.4. The molecule has 1 aromatic heterocycles. The Morgan fingerprint density at radius 3 is 2.35 bits per heavy atom. The number of benzene rings is 3. The van der Waals surface area contributed by atoms with Crippen LogP contribution in [0.1, 0.15) is 0 Å². The molecule has 4 rings (SSSR count). The number of anilines is 1. The fourth-order valence-corrected chi connectivity index (χ4v) is 2.46. The molecular formula is C19H15N3O. The normalized spacial score (nSPS) is 10.8. The lowest BCUT2D eigenvalue weighted by atomic mass is 10.2. The molecule has 0 saturated carbocycles. The number of nitrogen functional groups attached to an aromatic ring is 1. The van der Waals surface area contributed by atoms with Crippen molar-refractivity contribution in [1.82, 2.24) is 9.97 Å². The Balaban J connectivity index is 1.66. The third-order valence-corrected chi connectivity index (χ3v) is 3.62. The van der Waals surface area contributed by atoms with Gasteiger partial charge in [0.15, 0.2) is 0 Å². The van der Waals surface area contributed by atoms with Gasteiger partial charge in [0.2, 0.25) is 0 Å². The maximum atomic E-state index is 5.85. The SMILES string of the molecule is Nc1ccc(Oc2ccc3nc(-c4ccccc4)[nH]c3c2)cc1. The number of H-pyrrole nitrogens is 1. The van der Waals surface area contributed by atoms with Crippen LogP contribution in [0.4, 0.5) is 5.69 Å². The largest absolute Gasteiger partial charge is 0.457 e. The summed E-state index contributed by atoms with van der Waals surface area (Å²) < 4.78 is 5.85. The van der Waals surface area contributed by atoms with Crippen molar-refractivity contribution in [2.75, 3.05) is 5.73 Å². The molecule has 0 unspecified atom stereocenters. The standard InChI is InChI=1S/C19H15N3O/c20-14-6-8-15(9-7-14)23-16-10-11-17-18(12-16)22-19(21-17)13-4-2-1-3-5-13/h1-12H,20H2,(H,21,22). The molecule has 112 valence electrons. The number of nitrogens with zero attached hydrogens (tertiary/aromatic N) is 1. The summed E-state index contributed by atoms with van der Waals surface area (Å²) in [6.07, 6.45) is 0. The fraction of sp³-hybridized carbons (Fsp3) is 0. The number of aromatic nitrogens is 2. The van der Waals surface area contributed by atoms with Crippen molar-refractivity contribution in [3.63, 3.8) is 0 Å². The number of hydrogen-bond acceptors (Lipinski definition) is 3. The van der Waals surface area contributed by atoms with Crippen LogP contribution in [0.2, 0.25) is 0 Å². The molecule has 3 N–H and O–H groups in total. The smallest absolute Gasteiger partial charge is 0.138 e. The Hall–Kier alpha value is -3.27. The lowest BCUT2D eigenvalue weighted by molar-refractivity contribution is 0.483. The third-order valence-electron chi connectivity index (χ3n) is 3.62. The molecule has 0 atom stereocenters. The topological polar surface area (TPSA) is 63.9 Å². The maximum absolute atomic E-state index is 5.85. The monoisotopic (exact) mass is 301 g/mol. The molecule has 0 aliphatic rings. The predicted molar refractivity (Wildman–Crippen MR) is 92.5 cm³/mol. The molecule has 3 aromatic carbocycles. The number of nitrogens with two attached hydrogens (primary N) is 1. The number of aromatic amines is 1. The van der Waals surface area contributed by atoms with Crippen molar-refractivity contribution in [2.24, 2.45) is 0 Å². The van der Waals surface area contributed by atoms with Crippen molar-refractivity contribution in [1.29, 1.82) is 0 Å². The Labute approximate surface area is 133 Å². The minimum atomic E-state index is 0.717. The van der Waals surface area contributed by atoms with E-state index in [1.54, 1.807) is 0 Å². The van der Waals surface area contributed by atoms with Crippen LogP contribution >= 0.6 is 0 Å². The highest BCUT2D eigenvalue weighted by Gasteiger charge is 2.06. The van der Waals surface area contributed by atoms with Crippen LogP contribution in [-0.4, -0.2) is 9.97 Å². The van der Waals surface area contributed by atoms with E-state index in [9.17, 15) is 0 Å². The molecule has 4 heteroatoms. The van der Waals surface area contributed by atoms with Gasteiger partial charge in [-0.05, 0) is 36.4 Å². The highest BCUT2D eigenvalue weighted by Crippen LogP contribution is 2.27. The van der Waals surface area contributed by atoms with Crippen molar-refractivity contribution in [2.45, 2.75) is 0 Å². The number of hydrogen-bond donors (Lipinski definition) is 2. The summed E-state index contributed by atoms with van der Waals surface area (Å²) in [5.41, 5.74) is 9.31. The van der Waals surface area contributed by atoms with E-state index in [1.807, 2.05) is 72.8 Å². The van der Waals surface area contributed by atoms with Gasteiger partial charge in [-0.1, -0.05) is 30.3 Å². The van der Waals surface area contributed by atoms with E-state index in [0.717, 1.165) is 33.9 Å². The second-order valence-corrected chi connectivity index (χ2v) is 5.30. The number of ether oxygens (including phenoxy) is 1. The van der Waals surface area contributed by atoms with E-state index in [4.69, 9.17) is 10.5 Å². The number of imidazole rings is 1. The molecule has 0 aliphatic heterocycles. The van der Waals surface area contributed by atoms with Gasteiger partial charge in [0.25, 0.3) is 0 Å². The molecule has 0 bridgehead atoms. The molecule has 0 aliphatic carbocycles. The van der Waals surface area contributed by atoms with Gasteiger partial charge in [-0.15, -0.1) is 0 Å². The quantitative estimate of drug-likeness (QED) is 0.543. The molecule has 1 heterocycles. The molecule has 0 radical (unpaired) electrons. The van der Waals surface area contributed by atoms with Gasteiger partial charge in [-0.25, -0.2) is 4.98 Å². The fourth-order valence-electron chi connectivity index (χ4n) is 2.46. The van der Waals surface area contributed by atoms with Gasteiger partial charge >= 0.3 is 0 Å². The van der Waals surface area contributed by atoms with Crippen LogP contribution in [0.15, 0.2) is 72.8 Å². The van der Waals surface area contributed by atoms with E-state index in [1.165, 1.54) is 0 Å². The first-order chi connectivity index (χ1) is 11.3. The van der Waals surface area contributed by atoms with Gasteiger partial charge in [0, 0.05) is 17.3 Å². The molecule has 0 fully saturated rings. The van der Waals surface area contributed by atoms with E-state index >= 15 is 0 Å². The first-order valence-electron chi connectivity index (χ1n) is 7.36. The second-order valence-electron chi connectivity index (χ2n) is 5.30. The number of rotatable bonds is 3. The summed E-state index contributed by atoms with van der Waals surface area (Å²) in [5.74, 6) is 2.36. The van der Waals surface area contributed by atoms with Crippen LogP contribution in [0, 0.1) is 0 Å². The number of nitrogens with one attached hydrogen (secondary N) is 1. The lowest BCUT2D eigenvalue weighted by Gasteiger charge is -2.05. The van der Waals surface area contributed by atoms with E-state index in [2.05, 4.69) is 9.97 Å².